The van der Waals surface area contributed by atoms with Gasteiger partial charge >= 0.3 is 0 Å². The molecule has 1 aromatic rings. The van der Waals surface area contributed by atoms with Crippen molar-refractivity contribution in [2.24, 2.45) is 5.92 Å². The van der Waals surface area contributed by atoms with Gasteiger partial charge in [0.25, 0.3) is 0 Å². The Morgan fingerprint density at radius 3 is 2.71 bits per heavy atom. The van der Waals surface area contributed by atoms with E-state index in [1.54, 1.807) is 6.07 Å². The van der Waals surface area contributed by atoms with Crippen LogP contribution in [0.15, 0.2) is 24.3 Å². The van der Waals surface area contributed by atoms with Crippen molar-refractivity contribution in [3.63, 3.8) is 0 Å². The second-order valence-electron chi connectivity index (χ2n) is 6.38. The number of benzene rings is 1. The summed E-state index contributed by atoms with van der Waals surface area (Å²) in [5, 5.41) is 9.29. The van der Waals surface area contributed by atoms with Crippen molar-refractivity contribution in [2.75, 3.05) is 32.8 Å². The van der Waals surface area contributed by atoms with Crippen LogP contribution in [0.1, 0.15) is 25.8 Å². The maximum absolute atomic E-state index is 13.8. The second-order valence-corrected chi connectivity index (χ2v) is 6.38. The minimum Gasteiger partial charge on any atom is -0.396 e. The minimum atomic E-state index is -0.124. The van der Waals surface area contributed by atoms with Gasteiger partial charge in [0.2, 0.25) is 0 Å². The molecular weight excluding hydrogens is 267 g/mol. The van der Waals surface area contributed by atoms with E-state index in [9.17, 15) is 9.50 Å². The predicted molar refractivity (Wildman–Crippen MR) is 83.6 cm³/mol. The van der Waals surface area contributed by atoms with E-state index < -0.39 is 0 Å². The highest BCUT2D eigenvalue weighted by molar-refractivity contribution is 5.17. The standard InChI is InChI=1S/C17H27FN2O/c1-14(2)11-20-9-8-19(13-16(20)7-10-21)12-15-5-3-4-6-17(15)18/h3-6,14,16,21H,7-13H2,1-2H3/t16-/m0/s1. The van der Waals surface area contributed by atoms with Gasteiger partial charge in [-0.15, -0.1) is 0 Å². The normalized spacial score (nSPS) is 21.1. The molecule has 1 aliphatic heterocycles. The number of piperazine rings is 1. The highest BCUT2D eigenvalue weighted by Gasteiger charge is 2.27. The van der Waals surface area contributed by atoms with Crippen LogP contribution in [0.4, 0.5) is 4.39 Å². The lowest BCUT2D eigenvalue weighted by Gasteiger charge is -2.42. The first-order chi connectivity index (χ1) is 10.1. The monoisotopic (exact) mass is 294 g/mol. The van der Waals surface area contributed by atoms with Gasteiger partial charge in [0.1, 0.15) is 5.82 Å². The van der Waals surface area contributed by atoms with Crippen LogP contribution in [0.5, 0.6) is 0 Å². The van der Waals surface area contributed by atoms with Gasteiger partial charge in [0, 0.05) is 50.9 Å². The van der Waals surface area contributed by atoms with Crippen LogP contribution in [-0.2, 0) is 6.54 Å². The molecule has 3 nitrogen and oxygen atoms in total. The van der Waals surface area contributed by atoms with E-state index in [1.807, 2.05) is 12.1 Å². The first kappa shape index (κ1) is 16.4. The molecule has 0 bridgehead atoms. The average Bonchev–Trinajstić information content (AvgIpc) is 2.44. The number of hydrogen-bond donors (Lipinski definition) is 1. The van der Waals surface area contributed by atoms with Gasteiger partial charge in [0.05, 0.1) is 0 Å². The summed E-state index contributed by atoms with van der Waals surface area (Å²) in [5.74, 6) is 0.505. The van der Waals surface area contributed by atoms with Gasteiger partial charge in [0.15, 0.2) is 0 Å². The number of aliphatic hydroxyl groups excluding tert-OH is 1. The Hall–Kier alpha value is -0.970. The summed E-state index contributed by atoms with van der Waals surface area (Å²) in [7, 11) is 0. The zero-order valence-corrected chi connectivity index (χ0v) is 13.1. The molecule has 1 aromatic carbocycles. The largest absolute Gasteiger partial charge is 0.396 e. The molecule has 0 spiro atoms. The second kappa shape index (κ2) is 7.87. The van der Waals surface area contributed by atoms with E-state index >= 15 is 0 Å². The lowest BCUT2D eigenvalue weighted by atomic mass is 10.1. The number of nitrogens with zero attached hydrogens (tertiary/aromatic N) is 2. The fourth-order valence-corrected chi connectivity index (χ4v) is 3.10. The minimum absolute atomic E-state index is 0.124. The Morgan fingerprint density at radius 1 is 1.29 bits per heavy atom. The number of halogens is 1. The summed E-state index contributed by atoms with van der Waals surface area (Å²) in [6.07, 6.45) is 0.792. The Morgan fingerprint density at radius 2 is 2.05 bits per heavy atom. The molecule has 0 unspecified atom stereocenters. The third kappa shape index (κ3) is 4.77. The van der Waals surface area contributed by atoms with Gasteiger partial charge in [-0.25, -0.2) is 4.39 Å². The first-order valence-corrected chi connectivity index (χ1v) is 7.90. The van der Waals surface area contributed by atoms with E-state index in [2.05, 4.69) is 23.6 Å². The Labute approximate surface area is 127 Å². The molecule has 1 atom stereocenters. The van der Waals surface area contributed by atoms with Gasteiger partial charge in [-0.1, -0.05) is 32.0 Å². The molecule has 0 saturated carbocycles. The van der Waals surface area contributed by atoms with Crippen LogP contribution >= 0.6 is 0 Å². The van der Waals surface area contributed by atoms with Crippen molar-refractivity contribution >= 4 is 0 Å². The van der Waals surface area contributed by atoms with E-state index in [4.69, 9.17) is 0 Å². The Bertz CT molecular complexity index is 439. The quantitative estimate of drug-likeness (QED) is 0.872. The van der Waals surface area contributed by atoms with Crippen molar-refractivity contribution in [1.82, 2.24) is 9.80 Å². The van der Waals surface area contributed by atoms with Crippen molar-refractivity contribution in [2.45, 2.75) is 32.9 Å². The van der Waals surface area contributed by atoms with Crippen LogP contribution in [0.25, 0.3) is 0 Å². The van der Waals surface area contributed by atoms with Gasteiger partial charge in [-0.2, -0.15) is 0 Å². The van der Waals surface area contributed by atoms with Crippen LogP contribution in [-0.4, -0.2) is 53.7 Å². The average molecular weight is 294 g/mol. The summed E-state index contributed by atoms with van der Waals surface area (Å²) in [6, 6.07) is 7.37. The summed E-state index contributed by atoms with van der Waals surface area (Å²) in [5.41, 5.74) is 0.762. The highest BCUT2D eigenvalue weighted by atomic mass is 19.1. The smallest absolute Gasteiger partial charge is 0.127 e. The molecule has 0 aromatic heterocycles. The topological polar surface area (TPSA) is 26.7 Å². The molecule has 21 heavy (non-hydrogen) atoms. The van der Waals surface area contributed by atoms with E-state index in [0.717, 1.165) is 38.2 Å². The molecule has 1 heterocycles. The summed E-state index contributed by atoms with van der Waals surface area (Å²) < 4.78 is 13.8. The van der Waals surface area contributed by atoms with Crippen LogP contribution < -0.4 is 0 Å². The molecule has 0 radical (unpaired) electrons. The Balaban J connectivity index is 1.96. The van der Waals surface area contributed by atoms with Crippen LogP contribution in [0.2, 0.25) is 0 Å². The van der Waals surface area contributed by atoms with Crippen molar-refractivity contribution in [3.8, 4) is 0 Å². The maximum Gasteiger partial charge on any atom is 0.127 e. The molecule has 4 heteroatoms. The maximum atomic E-state index is 13.8. The number of aliphatic hydroxyl groups is 1. The molecular formula is C17H27FN2O. The lowest BCUT2D eigenvalue weighted by molar-refractivity contribution is 0.0472. The zero-order chi connectivity index (χ0) is 15.2. The Kier molecular flexibility index (Phi) is 6.15. The summed E-state index contributed by atoms with van der Waals surface area (Å²) in [6.45, 7) is 9.25. The third-order valence-corrected chi connectivity index (χ3v) is 4.10. The molecule has 1 aliphatic rings. The fraction of sp³-hybridized carbons (Fsp3) is 0.647. The molecule has 0 amide bonds. The number of rotatable bonds is 6. The third-order valence-electron chi connectivity index (χ3n) is 4.10. The van der Waals surface area contributed by atoms with Crippen molar-refractivity contribution in [3.05, 3.63) is 35.6 Å². The molecule has 1 N–H and O–H groups in total. The van der Waals surface area contributed by atoms with E-state index in [1.165, 1.54) is 6.07 Å². The summed E-state index contributed by atoms with van der Waals surface area (Å²) in [4.78, 5) is 4.77. The SMILES string of the molecule is CC(C)CN1CCN(Cc2ccccc2F)C[C@@H]1CCO. The van der Waals surface area contributed by atoms with Crippen LogP contribution in [0, 0.1) is 11.7 Å². The highest BCUT2D eigenvalue weighted by Crippen LogP contribution is 2.18. The van der Waals surface area contributed by atoms with Crippen LogP contribution in [0.3, 0.4) is 0 Å². The molecule has 2 rings (SSSR count). The van der Waals surface area contributed by atoms with E-state index in [0.29, 0.717) is 18.5 Å². The zero-order valence-electron chi connectivity index (χ0n) is 13.1. The molecule has 0 aliphatic carbocycles. The van der Waals surface area contributed by atoms with Crippen molar-refractivity contribution < 1.29 is 9.50 Å². The van der Waals surface area contributed by atoms with E-state index in [-0.39, 0.29) is 12.4 Å². The first-order valence-electron chi connectivity index (χ1n) is 7.90. The molecule has 1 fully saturated rings. The van der Waals surface area contributed by atoms with Gasteiger partial charge in [-0.05, 0) is 18.4 Å². The molecule has 118 valence electrons. The predicted octanol–water partition coefficient (Wildman–Crippen LogP) is 2.35. The van der Waals surface area contributed by atoms with Crippen molar-refractivity contribution in [1.29, 1.82) is 0 Å². The molecule has 1 saturated heterocycles. The summed E-state index contributed by atoms with van der Waals surface area (Å²) >= 11 is 0. The van der Waals surface area contributed by atoms with Gasteiger partial charge < -0.3 is 5.11 Å². The number of hydrogen-bond acceptors (Lipinski definition) is 3. The van der Waals surface area contributed by atoms with Gasteiger partial charge in [-0.3, -0.25) is 9.80 Å². The lowest BCUT2D eigenvalue weighted by Crippen LogP contribution is -2.53. The fourth-order valence-electron chi connectivity index (χ4n) is 3.10.